The van der Waals surface area contributed by atoms with Crippen LogP contribution < -0.4 is 4.74 Å². The second-order valence-electron chi connectivity index (χ2n) is 6.03. The molecule has 2 unspecified atom stereocenters. The summed E-state index contributed by atoms with van der Waals surface area (Å²) in [5.74, 6) is 1.89. The van der Waals surface area contributed by atoms with E-state index < -0.39 is 0 Å². The highest BCUT2D eigenvalue weighted by Gasteiger charge is 2.26. The zero-order chi connectivity index (χ0) is 14.0. The summed E-state index contributed by atoms with van der Waals surface area (Å²) in [6, 6.07) is 4.14. The summed E-state index contributed by atoms with van der Waals surface area (Å²) < 4.78 is 6.05. The first kappa shape index (κ1) is 13.9. The largest absolute Gasteiger partial charge is 0.473 e. The van der Waals surface area contributed by atoms with Crippen molar-refractivity contribution in [2.24, 2.45) is 11.8 Å². The van der Waals surface area contributed by atoms with Gasteiger partial charge in [-0.3, -0.25) is 0 Å². The normalized spacial score (nSPS) is 26.8. The molecule has 0 spiro atoms. The predicted octanol–water partition coefficient (Wildman–Crippen LogP) is 3.77. The van der Waals surface area contributed by atoms with Crippen molar-refractivity contribution < 1.29 is 4.74 Å². The van der Waals surface area contributed by atoms with Crippen molar-refractivity contribution in [3.8, 4) is 11.9 Å². The Morgan fingerprint density at radius 1 is 1.21 bits per heavy atom. The Hall–Kier alpha value is -1.56. The minimum absolute atomic E-state index is 0.194. The molecule has 0 radical (unpaired) electrons. The van der Waals surface area contributed by atoms with Gasteiger partial charge < -0.3 is 4.74 Å². The highest BCUT2D eigenvalue weighted by Crippen LogP contribution is 2.32. The Bertz CT molecular complexity index is 494. The number of hydrogen-bond donors (Lipinski definition) is 0. The minimum atomic E-state index is 0.194. The van der Waals surface area contributed by atoms with E-state index in [4.69, 9.17) is 4.74 Å². The fraction of sp³-hybridized carbons (Fsp3) is 0.625. The summed E-state index contributed by atoms with van der Waals surface area (Å²) in [4.78, 5) is 4.40. The zero-order valence-corrected chi connectivity index (χ0v) is 12.2. The van der Waals surface area contributed by atoms with Crippen molar-refractivity contribution in [2.75, 3.05) is 0 Å². The molecule has 0 saturated heterocycles. The molecule has 1 aromatic rings. The molecule has 3 heteroatoms. The third-order valence-electron chi connectivity index (χ3n) is 3.84. The van der Waals surface area contributed by atoms with Crippen LogP contribution in [0.5, 0.6) is 5.88 Å². The van der Waals surface area contributed by atoms with Gasteiger partial charge in [-0.25, -0.2) is 4.98 Å². The number of aryl methyl sites for hydroxylation is 2. The molecule has 1 heterocycles. The van der Waals surface area contributed by atoms with Gasteiger partial charge in [-0.05, 0) is 56.6 Å². The second kappa shape index (κ2) is 5.61. The van der Waals surface area contributed by atoms with Crippen LogP contribution in [-0.2, 0) is 0 Å². The van der Waals surface area contributed by atoms with E-state index >= 15 is 0 Å². The van der Waals surface area contributed by atoms with E-state index in [2.05, 4.69) is 24.9 Å². The summed E-state index contributed by atoms with van der Waals surface area (Å²) in [7, 11) is 0. The maximum atomic E-state index is 9.25. The number of hydrogen-bond acceptors (Lipinski definition) is 3. The maximum Gasteiger partial charge on any atom is 0.232 e. The lowest BCUT2D eigenvalue weighted by molar-refractivity contribution is 0.0962. The van der Waals surface area contributed by atoms with Crippen molar-refractivity contribution in [3.05, 3.63) is 22.9 Å². The lowest BCUT2D eigenvalue weighted by Gasteiger charge is -2.31. The molecular weight excluding hydrogens is 236 g/mol. The van der Waals surface area contributed by atoms with E-state index in [1.165, 1.54) is 6.42 Å². The molecule has 19 heavy (non-hydrogen) atoms. The quantitative estimate of drug-likeness (QED) is 0.811. The van der Waals surface area contributed by atoms with Crippen molar-refractivity contribution >= 4 is 0 Å². The van der Waals surface area contributed by atoms with Crippen molar-refractivity contribution in [2.45, 2.75) is 53.1 Å². The van der Waals surface area contributed by atoms with Gasteiger partial charge in [-0.2, -0.15) is 5.26 Å². The summed E-state index contributed by atoms with van der Waals surface area (Å²) in [5.41, 5.74) is 2.43. The summed E-state index contributed by atoms with van der Waals surface area (Å²) in [6.45, 7) is 8.41. The number of pyridine rings is 1. The molecule has 1 aromatic heterocycles. The Labute approximate surface area is 115 Å². The molecule has 0 N–H and O–H groups in total. The van der Waals surface area contributed by atoms with Gasteiger partial charge in [0.1, 0.15) is 17.7 Å². The Balaban J connectivity index is 2.21. The highest BCUT2D eigenvalue weighted by molar-refractivity contribution is 5.45. The number of rotatable bonds is 2. The first-order valence-corrected chi connectivity index (χ1v) is 7.04. The first-order valence-electron chi connectivity index (χ1n) is 7.04. The molecule has 0 amide bonds. The van der Waals surface area contributed by atoms with Crippen LogP contribution in [0, 0.1) is 37.0 Å². The third kappa shape index (κ3) is 3.26. The molecule has 3 nitrogen and oxygen atoms in total. The van der Waals surface area contributed by atoms with Crippen LogP contribution >= 0.6 is 0 Å². The van der Waals surface area contributed by atoms with Crippen molar-refractivity contribution in [1.82, 2.24) is 4.98 Å². The lowest BCUT2D eigenvalue weighted by atomic mass is 9.82. The average Bonchev–Trinajstić information content (AvgIpc) is 2.26. The lowest BCUT2D eigenvalue weighted by Crippen LogP contribution is -2.29. The molecule has 0 bridgehead atoms. The molecule has 2 rings (SSSR count). The fourth-order valence-corrected chi connectivity index (χ4v) is 3.15. The second-order valence-corrected chi connectivity index (χ2v) is 6.03. The smallest absolute Gasteiger partial charge is 0.232 e. The number of nitriles is 1. The Kier molecular flexibility index (Phi) is 4.09. The Morgan fingerprint density at radius 3 is 2.42 bits per heavy atom. The van der Waals surface area contributed by atoms with Gasteiger partial charge in [0, 0.05) is 5.69 Å². The third-order valence-corrected chi connectivity index (χ3v) is 3.84. The number of nitrogens with zero attached hydrogens (tertiary/aromatic N) is 2. The molecular formula is C16H22N2O. The highest BCUT2D eigenvalue weighted by atomic mass is 16.5. The van der Waals surface area contributed by atoms with Crippen molar-refractivity contribution in [3.63, 3.8) is 0 Å². The molecule has 2 atom stereocenters. The van der Waals surface area contributed by atoms with Gasteiger partial charge in [-0.15, -0.1) is 0 Å². The van der Waals surface area contributed by atoms with Crippen molar-refractivity contribution in [1.29, 1.82) is 5.26 Å². The Morgan fingerprint density at radius 2 is 1.84 bits per heavy atom. The van der Waals surface area contributed by atoms with Gasteiger partial charge in [0.15, 0.2) is 0 Å². The van der Waals surface area contributed by atoms with Crippen LogP contribution in [0.3, 0.4) is 0 Å². The minimum Gasteiger partial charge on any atom is -0.473 e. The zero-order valence-electron chi connectivity index (χ0n) is 12.2. The van der Waals surface area contributed by atoms with Crippen LogP contribution in [-0.4, -0.2) is 11.1 Å². The fourth-order valence-electron chi connectivity index (χ4n) is 3.15. The average molecular weight is 258 g/mol. The van der Waals surface area contributed by atoms with Crippen LogP contribution in [0.1, 0.15) is 49.9 Å². The van der Waals surface area contributed by atoms with E-state index in [9.17, 15) is 5.26 Å². The molecule has 1 aliphatic carbocycles. The van der Waals surface area contributed by atoms with E-state index in [1.54, 1.807) is 0 Å². The molecule has 0 aromatic carbocycles. The number of ether oxygens (including phenoxy) is 1. The molecule has 0 aliphatic heterocycles. The van der Waals surface area contributed by atoms with Gasteiger partial charge in [0.25, 0.3) is 0 Å². The first-order chi connectivity index (χ1) is 8.99. The van der Waals surface area contributed by atoms with Crippen LogP contribution in [0.15, 0.2) is 6.07 Å². The van der Waals surface area contributed by atoms with E-state index in [-0.39, 0.29) is 6.10 Å². The maximum absolute atomic E-state index is 9.25. The van der Waals surface area contributed by atoms with Gasteiger partial charge in [0.2, 0.25) is 5.88 Å². The summed E-state index contributed by atoms with van der Waals surface area (Å²) >= 11 is 0. The molecule has 102 valence electrons. The van der Waals surface area contributed by atoms with Gasteiger partial charge in [-0.1, -0.05) is 13.8 Å². The standard InChI is InChI=1S/C16H22N2O/c1-10-5-11(2)7-14(6-10)19-16-15(9-17)12(3)8-13(4)18-16/h8,10-11,14H,5-7H2,1-4H3. The number of aromatic nitrogens is 1. The van der Waals surface area contributed by atoms with Gasteiger partial charge in [0.05, 0.1) is 0 Å². The molecule has 1 fully saturated rings. The molecule has 1 saturated carbocycles. The monoisotopic (exact) mass is 258 g/mol. The summed E-state index contributed by atoms with van der Waals surface area (Å²) in [6.07, 6.45) is 3.58. The van der Waals surface area contributed by atoms with E-state index in [0.717, 1.165) is 24.1 Å². The van der Waals surface area contributed by atoms with Crippen LogP contribution in [0.2, 0.25) is 0 Å². The van der Waals surface area contributed by atoms with Crippen LogP contribution in [0.4, 0.5) is 0 Å². The van der Waals surface area contributed by atoms with Gasteiger partial charge >= 0.3 is 0 Å². The predicted molar refractivity (Wildman–Crippen MR) is 75.0 cm³/mol. The van der Waals surface area contributed by atoms with Crippen LogP contribution in [0.25, 0.3) is 0 Å². The SMILES string of the molecule is Cc1cc(C)c(C#N)c(OC2CC(C)CC(C)C2)n1. The molecule has 1 aliphatic rings. The summed E-state index contributed by atoms with van der Waals surface area (Å²) in [5, 5.41) is 9.25. The topological polar surface area (TPSA) is 45.9 Å². The van der Waals surface area contributed by atoms with E-state index in [0.29, 0.717) is 23.3 Å². The van der Waals surface area contributed by atoms with E-state index in [1.807, 2.05) is 19.9 Å².